The quantitative estimate of drug-likeness (QED) is 0.359. The Balaban J connectivity index is 3.23. The van der Waals surface area contributed by atoms with E-state index < -0.39 is 10.9 Å². The maximum atomic E-state index is 11.2. The van der Waals surface area contributed by atoms with Crippen LogP contribution in [0.3, 0.4) is 0 Å². The summed E-state index contributed by atoms with van der Waals surface area (Å²) in [6.45, 7) is 1.78. The number of carbonyl (C=O) groups excluding carboxylic acids is 1. The summed E-state index contributed by atoms with van der Waals surface area (Å²) in [5, 5.41) is 10.8. The van der Waals surface area contributed by atoms with Crippen molar-refractivity contribution in [3.8, 4) is 0 Å². The van der Waals surface area contributed by atoms with E-state index in [0.29, 0.717) is 5.75 Å². The zero-order valence-electron chi connectivity index (χ0n) is 11.0. The Labute approximate surface area is 115 Å². The molecule has 19 heavy (non-hydrogen) atoms. The fourth-order valence-corrected chi connectivity index (χ4v) is 2.22. The molecular weight excluding hydrogens is 266 g/mol. The molecule has 0 fully saturated rings. The van der Waals surface area contributed by atoms with Gasteiger partial charge in [0.15, 0.2) is 0 Å². The first-order valence-corrected chi connectivity index (χ1v) is 6.91. The van der Waals surface area contributed by atoms with Gasteiger partial charge in [-0.25, -0.2) is 4.79 Å². The number of esters is 1. The highest BCUT2D eigenvalue weighted by molar-refractivity contribution is 7.97. The fraction of sp³-hybridized carbons (Fsp3) is 0.308. The maximum Gasteiger partial charge on any atom is 0.330 e. The minimum Gasteiger partial charge on any atom is -0.466 e. The fourth-order valence-electron chi connectivity index (χ4n) is 1.67. The summed E-state index contributed by atoms with van der Waals surface area (Å²) in [6.07, 6.45) is 3.30. The molecule has 1 aromatic rings. The first kappa shape index (κ1) is 15.2. The third-order valence-corrected chi connectivity index (χ3v) is 3.16. The van der Waals surface area contributed by atoms with Crippen molar-refractivity contribution < 1.29 is 14.5 Å². The molecule has 0 heterocycles. The van der Waals surface area contributed by atoms with Crippen LogP contribution in [0.15, 0.2) is 24.3 Å². The van der Waals surface area contributed by atoms with Crippen molar-refractivity contribution in [2.75, 3.05) is 13.4 Å². The molecule has 0 amide bonds. The second kappa shape index (κ2) is 6.94. The number of nitro benzene ring substituents is 1. The molecule has 1 aromatic carbocycles. The lowest BCUT2D eigenvalue weighted by atomic mass is 10.0. The molecule has 0 aromatic heterocycles. The van der Waals surface area contributed by atoms with Crippen molar-refractivity contribution in [3.05, 3.63) is 45.5 Å². The van der Waals surface area contributed by atoms with Crippen LogP contribution < -0.4 is 0 Å². The summed E-state index contributed by atoms with van der Waals surface area (Å²) < 4.78 is 4.58. The van der Waals surface area contributed by atoms with E-state index in [2.05, 4.69) is 4.74 Å². The van der Waals surface area contributed by atoms with Crippen LogP contribution in [0.2, 0.25) is 0 Å². The SMILES string of the molecule is COC(=O)/C=C(/C)c1ccc([N+](=O)[O-])cc1CSC. The Kier molecular flexibility index (Phi) is 5.57. The molecule has 0 aliphatic rings. The Morgan fingerprint density at radius 1 is 1.53 bits per heavy atom. The van der Waals surface area contributed by atoms with Gasteiger partial charge < -0.3 is 4.74 Å². The summed E-state index contributed by atoms with van der Waals surface area (Å²) in [4.78, 5) is 21.6. The molecule has 0 aliphatic carbocycles. The third-order valence-electron chi connectivity index (χ3n) is 2.56. The summed E-state index contributed by atoms with van der Waals surface area (Å²) in [5.74, 6) is 0.203. The number of nitro groups is 1. The van der Waals surface area contributed by atoms with E-state index in [0.717, 1.165) is 16.7 Å². The van der Waals surface area contributed by atoms with Crippen LogP contribution in [0.5, 0.6) is 0 Å². The van der Waals surface area contributed by atoms with Crippen molar-refractivity contribution >= 4 is 29.0 Å². The molecule has 0 atom stereocenters. The molecule has 0 radical (unpaired) electrons. The first-order chi connectivity index (χ1) is 8.99. The molecule has 0 N–H and O–H groups in total. The van der Waals surface area contributed by atoms with Gasteiger partial charge in [-0.15, -0.1) is 0 Å². The van der Waals surface area contributed by atoms with Crippen LogP contribution in [-0.4, -0.2) is 24.3 Å². The van der Waals surface area contributed by atoms with Crippen molar-refractivity contribution in [2.45, 2.75) is 12.7 Å². The van der Waals surface area contributed by atoms with Crippen LogP contribution in [0.4, 0.5) is 5.69 Å². The average Bonchev–Trinajstić information content (AvgIpc) is 2.38. The molecule has 0 spiro atoms. The number of methoxy groups -OCH3 is 1. The lowest BCUT2D eigenvalue weighted by molar-refractivity contribution is -0.384. The van der Waals surface area contributed by atoms with Gasteiger partial charge in [0.05, 0.1) is 12.0 Å². The molecule has 0 unspecified atom stereocenters. The first-order valence-electron chi connectivity index (χ1n) is 5.52. The van der Waals surface area contributed by atoms with Crippen LogP contribution in [0.1, 0.15) is 18.1 Å². The van der Waals surface area contributed by atoms with E-state index in [1.807, 2.05) is 6.26 Å². The van der Waals surface area contributed by atoms with Gasteiger partial charge in [0.2, 0.25) is 0 Å². The number of nitrogens with zero attached hydrogens (tertiary/aromatic N) is 1. The van der Waals surface area contributed by atoms with Crippen LogP contribution in [0.25, 0.3) is 5.57 Å². The van der Waals surface area contributed by atoms with E-state index in [1.54, 1.807) is 30.8 Å². The molecular formula is C13H15NO4S. The lowest BCUT2D eigenvalue weighted by Gasteiger charge is -2.08. The van der Waals surface area contributed by atoms with E-state index >= 15 is 0 Å². The maximum absolute atomic E-state index is 11.2. The molecule has 6 heteroatoms. The number of thioether (sulfide) groups is 1. The van der Waals surface area contributed by atoms with Gasteiger partial charge >= 0.3 is 5.97 Å². The van der Waals surface area contributed by atoms with E-state index in [9.17, 15) is 14.9 Å². The smallest absolute Gasteiger partial charge is 0.330 e. The highest BCUT2D eigenvalue weighted by atomic mass is 32.2. The molecule has 5 nitrogen and oxygen atoms in total. The predicted molar refractivity (Wildman–Crippen MR) is 76.0 cm³/mol. The van der Waals surface area contributed by atoms with Gasteiger partial charge in [-0.2, -0.15) is 11.8 Å². The zero-order valence-corrected chi connectivity index (χ0v) is 11.8. The third kappa shape index (κ3) is 4.10. The number of hydrogen-bond donors (Lipinski definition) is 0. The summed E-state index contributed by atoms with van der Waals surface area (Å²) in [7, 11) is 1.31. The standard InChI is InChI=1S/C13H15NO4S/c1-9(6-13(15)18-2)12-5-4-11(14(16)17)7-10(12)8-19-3/h4-7H,8H2,1-3H3/b9-6-. The van der Waals surface area contributed by atoms with Crippen LogP contribution in [-0.2, 0) is 15.3 Å². The van der Waals surface area contributed by atoms with Gasteiger partial charge in [-0.3, -0.25) is 10.1 Å². The van der Waals surface area contributed by atoms with Gasteiger partial charge in [-0.05, 0) is 35.9 Å². The van der Waals surface area contributed by atoms with Crippen LogP contribution >= 0.6 is 11.8 Å². The lowest BCUT2D eigenvalue weighted by Crippen LogP contribution is -1.98. The minimum atomic E-state index is -0.439. The van der Waals surface area contributed by atoms with E-state index in [1.165, 1.54) is 19.3 Å². The second-order valence-electron chi connectivity index (χ2n) is 3.88. The van der Waals surface area contributed by atoms with Crippen molar-refractivity contribution in [2.24, 2.45) is 0 Å². The number of carbonyl (C=O) groups is 1. The largest absolute Gasteiger partial charge is 0.466 e. The number of allylic oxidation sites excluding steroid dienone is 1. The summed E-state index contributed by atoms with van der Waals surface area (Å²) in [6, 6.07) is 4.65. The number of hydrogen-bond acceptors (Lipinski definition) is 5. The molecule has 1 rings (SSSR count). The Bertz CT molecular complexity index is 525. The van der Waals surface area contributed by atoms with Crippen molar-refractivity contribution in [1.82, 2.24) is 0 Å². The van der Waals surface area contributed by atoms with E-state index in [-0.39, 0.29) is 5.69 Å². The number of non-ortho nitro benzene ring substituents is 1. The van der Waals surface area contributed by atoms with Gasteiger partial charge in [-0.1, -0.05) is 0 Å². The van der Waals surface area contributed by atoms with Crippen LogP contribution in [0, 0.1) is 10.1 Å². The van der Waals surface area contributed by atoms with E-state index in [4.69, 9.17) is 0 Å². The molecule has 0 saturated carbocycles. The predicted octanol–water partition coefficient (Wildman–Crippen LogP) is 3.03. The minimum absolute atomic E-state index is 0.0543. The average molecular weight is 281 g/mol. The molecule has 0 aliphatic heterocycles. The van der Waals surface area contributed by atoms with Gasteiger partial charge in [0.25, 0.3) is 5.69 Å². The number of benzene rings is 1. The zero-order chi connectivity index (χ0) is 14.4. The Morgan fingerprint density at radius 2 is 2.21 bits per heavy atom. The van der Waals surface area contributed by atoms with Gasteiger partial charge in [0.1, 0.15) is 0 Å². The molecule has 102 valence electrons. The summed E-state index contributed by atoms with van der Waals surface area (Å²) in [5.41, 5.74) is 2.44. The normalized spacial score (nSPS) is 11.2. The monoisotopic (exact) mass is 281 g/mol. The van der Waals surface area contributed by atoms with Gasteiger partial charge in [0, 0.05) is 24.0 Å². The summed E-state index contributed by atoms with van der Waals surface area (Å²) >= 11 is 1.57. The molecule has 0 bridgehead atoms. The highest BCUT2D eigenvalue weighted by Crippen LogP contribution is 2.26. The number of ether oxygens (including phenoxy) is 1. The molecule has 0 saturated heterocycles. The topological polar surface area (TPSA) is 69.4 Å². The number of rotatable bonds is 5. The second-order valence-corrected chi connectivity index (χ2v) is 4.75. The Morgan fingerprint density at radius 3 is 2.74 bits per heavy atom. The van der Waals surface area contributed by atoms with Crippen molar-refractivity contribution in [1.29, 1.82) is 0 Å². The Hall–Kier alpha value is -1.82. The van der Waals surface area contributed by atoms with Crippen molar-refractivity contribution in [3.63, 3.8) is 0 Å². The highest BCUT2D eigenvalue weighted by Gasteiger charge is 2.12.